The molecule has 1 N–H and O–H groups in total. The normalized spacial score (nSPS) is 11.0. The van der Waals surface area contributed by atoms with Gasteiger partial charge < -0.3 is 10.1 Å². The van der Waals surface area contributed by atoms with Crippen LogP contribution in [0, 0.1) is 6.92 Å². The van der Waals surface area contributed by atoms with Crippen molar-refractivity contribution in [1.29, 1.82) is 0 Å². The standard InChI is InChI=1S/C22H22N2O4S/c1-17-8-10-18(11-9-17)23-22(25)16-28-20-14-12-19(13-15-20)24(2)29(26,27)21-6-4-3-5-7-21/h3-15H,16H2,1-2H3,(H,23,25). The molecule has 7 heteroatoms. The van der Waals surface area contributed by atoms with E-state index in [1.807, 2.05) is 31.2 Å². The van der Waals surface area contributed by atoms with E-state index in [-0.39, 0.29) is 17.4 Å². The predicted molar refractivity (Wildman–Crippen MR) is 114 cm³/mol. The lowest BCUT2D eigenvalue weighted by Gasteiger charge is -2.19. The van der Waals surface area contributed by atoms with Crippen LogP contribution < -0.4 is 14.4 Å². The van der Waals surface area contributed by atoms with E-state index >= 15 is 0 Å². The molecule has 29 heavy (non-hydrogen) atoms. The maximum atomic E-state index is 12.7. The second-order valence-electron chi connectivity index (χ2n) is 6.48. The lowest BCUT2D eigenvalue weighted by molar-refractivity contribution is -0.118. The van der Waals surface area contributed by atoms with Gasteiger partial charge in [-0.25, -0.2) is 8.42 Å². The number of nitrogens with zero attached hydrogens (tertiary/aromatic N) is 1. The van der Waals surface area contributed by atoms with Crippen LogP contribution in [-0.4, -0.2) is 28.0 Å². The lowest BCUT2D eigenvalue weighted by atomic mass is 10.2. The second kappa shape index (κ2) is 8.79. The van der Waals surface area contributed by atoms with Gasteiger partial charge in [0.2, 0.25) is 0 Å². The number of rotatable bonds is 7. The zero-order valence-electron chi connectivity index (χ0n) is 16.2. The van der Waals surface area contributed by atoms with E-state index in [9.17, 15) is 13.2 Å². The van der Waals surface area contributed by atoms with Gasteiger partial charge in [0.05, 0.1) is 10.6 Å². The zero-order chi connectivity index (χ0) is 20.9. The van der Waals surface area contributed by atoms with Crippen molar-refractivity contribution >= 4 is 27.3 Å². The highest BCUT2D eigenvalue weighted by molar-refractivity contribution is 7.92. The number of amides is 1. The molecule has 0 unspecified atom stereocenters. The number of hydrogen-bond donors (Lipinski definition) is 1. The minimum atomic E-state index is -3.64. The van der Waals surface area contributed by atoms with Crippen molar-refractivity contribution < 1.29 is 17.9 Å². The summed E-state index contributed by atoms with van der Waals surface area (Å²) in [5, 5.41) is 2.76. The van der Waals surface area contributed by atoms with Gasteiger partial charge in [-0.15, -0.1) is 0 Å². The summed E-state index contributed by atoms with van der Waals surface area (Å²) in [6.07, 6.45) is 0. The molecule has 3 aromatic carbocycles. The van der Waals surface area contributed by atoms with Crippen LogP contribution in [-0.2, 0) is 14.8 Å². The molecule has 0 aliphatic carbocycles. The Morgan fingerprint density at radius 3 is 2.17 bits per heavy atom. The van der Waals surface area contributed by atoms with E-state index in [0.29, 0.717) is 17.1 Å². The van der Waals surface area contributed by atoms with Crippen molar-refractivity contribution in [2.45, 2.75) is 11.8 Å². The van der Waals surface area contributed by atoms with E-state index in [1.54, 1.807) is 54.6 Å². The van der Waals surface area contributed by atoms with Crippen molar-refractivity contribution in [3.8, 4) is 5.75 Å². The largest absolute Gasteiger partial charge is 0.484 e. The molecule has 0 aliphatic heterocycles. The number of carbonyl (C=O) groups is 1. The van der Waals surface area contributed by atoms with Crippen LogP contribution in [0.1, 0.15) is 5.56 Å². The number of hydrogen-bond acceptors (Lipinski definition) is 4. The molecule has 0 spiro atoms. The zero-order valence-corrected chi connectivity index (χ0v) is 17.0. The summed E-state index contributed by atoms with van der Waals surface area (Å²) in [4.78, 5) is 12.2. The molecule has 3 rings (SSSR count). The highest BCUT2D eigenvalue weighted by Crippen LogP contribution is 2.24. The first-order valence-electron chi connectivity index (χ1n) is 8.99. The fourth-order valence-electron chi connectivity index (χ4n) is 2.62. The van der Waals surface area contributed by atoms with Crippen LogP contribution in [0.15, 0.2) is 83.8 Å². The third-order valence-corrected chi connectivity index (χ3v) is 6.11. The molecule has 0 aromatic heterocycles. The van der Waals surface area contributed by atoms with E-state index in [0.717, 1.165) is 5.56 Å². The third-order valence-electron chi connectivity index (χ3n) is 4.31. The topological polar surface area (TPSA) is 75.7 Å². The van der Waals surface area contributed by atoms with Gasteiger partial charge >= 0.3 is 0 Å². The average Bonchev–Trinajstić information content (AvgIpc) is 2.74. The molecular weight excluding hydrogens is 388 g/mol. The summed E-state index contributed by atoms with van der Waals surface area (Å²) >= 11 is 0. The van der Waals surface area contributed by atoms with Crippen molar-refractivity contribution in [2.24, 2.45) is 0 Å². The second-order valence-corrected chi connectivity index (χ2v) is 8.45. The lowest BCUT2D eigenvalue weighted by Crippen LogP contribution is -2.26. The molecule has 0 heterocycles. The van der Waals surface area contributed by atoms with Crippen LogP contribution in [0.5, 0.6) is 5.75 Å². The quantitative estimate of drug-likeness (QED) is 0.642. The fraction of sp³-hybridized carbons (Fsp3) is 0.136. The van der Waals surface area contributed by atoms with Gasteiger partial charge in [0.15, 0.2) is 6.61 Å². The molecule has 150 valence electrons. The van der Waals surface area contributed by atoms with Gasteiger partial charge in [0, 0.05) is 12.7 Å². The van der Waals surface area contributed by atoms with Crippen molar-refractivity contribution in [1.82, 2.24) is 0 Å². The fourth-order valence-corrected chi connectivity index (χ4v) is 3.84. The third kappa shape index (κ3) is 5.14. The number of ether oxygens (including phenoxy) is 1. The summed E-state index contributed by atoms with van der Waals surface area (Å²) in [5.41, 5.74) is 2.30. The van der Waals surface area contributed by atoms with E-state index in [1.165, 1.54) is 11.4 Å². The molecule has 1 amide bonds. The monoisotopic (exact) mass is 410 g/mol. The molecule has 3 aromatic rings. The molecule has 0 radical (unpaired) electrons. The number of sulfonamides is 1. The number of nitrogens with one attached hydrogen (secondary N) is 1. The average molecular weight is 410 g/mol. The van der Waals surface area contributed by atoms with Crippen LogP contribution in [0.25, 0.3) is 0 Å². The van der Waals surface area contributed by atoms with Gasteiger partial charge in [0.25, 0.3) is 15.9 Å². The Morgan fingerprint density at radius 2 is 1.55 bits per heavy atom. The summed E-state index contributed by atoms with van der Waals surface area (Å²) < 4.78 is 32.0. The number of aryl methyl sites for hydroxylation is 1. The minimum Gasteiger partial charge on any atom is -0.484 e. The smallest absolute Gasteiger partial charge is 0.264 e. The highest BCUT2D eigenvalue weighted by atomic mass is 32.2. The van der Waals surface area contributed by atoms with Crippen LogP contribution >= 0.6 is 0 Å². The first-order valence-corrected chi connectivity index (χ1v) is 10.4. The highest BCUT2D eigenvalue weighted by Gasteiger charge is 2.20. The van der Waals surface area contributed by atoms with Gasteiger partial charge in [0.1, 0.15) is 5.75 Å². The Bertz CT molecular complexity index is 1060. The molecule has 6 nitrogen and oxygen atoms in total. The van der Waals surface area contributed by atoms with Crippen LogP contribution in [0.2, 0.25) is 0 Å². The van der Waals surface area contributed by atoms with Gasteiger partial charge in [-0.2, -0.15) is 0 Å². The summed E-state index contributed by atoms with van der Waals surface area (Å²) in [6.45, 7) is 1.83. The molecule has 0 saturated heterocycles. The van der Waals surface area contributed by atoms with Gasteiger partial charge in [-0.05, 0) is 55.5 Å². The maximum absolute atomic E-state index is 12.7. The minimum absolute atomic E-state index is 0.147. The Balaban J connectivity index is 1.60. The predicted octanol–water partition coefficient (Wildman–Crippen LogP) is 3.84. The van der Waals surface area contributed by atoms with Crippen molar-refractivity contribution in [2.75, 3.05) is 23.3 Å². The molecule has 0 saturated carbocycles. The molecule has 0 bridgehead atoms. The van der Waals surface area contributed by atoms with Crippen LogP contribution in [0.4, 0.5) is 11.4 Å². The van der Waals surface area contributed by atoms with Gasteiger partial charge in [-0.3, -0.25) is 9.10 Å². The van der Waals surface area contributed by atoms with Crippen LogP contribution in [0.3, 0.4) is 0 Å². The summed E-state index contributed by atoms with van der Waals surface area (Å²) in [7, 11) is -2.15. The SMILES string of the molecule is Cc1ccc(NC(=O)COc2ccc(N(C)S(=O)(=O)c3ccccc3)cc2)cc1. The Morgan fingerprint density at radius 1 is 0.931 bits per heavy atom. The number of carbonyl (C=O) groups excluding carboxylic acids is 1. The first kappa shape index (κ1) is 20.4. The Kier molecular flexibility index (Phi) is 6.19. The maximum Gasteiger partial charge on any atom is 0.264 e. The molecule has 0 atom stereocenters. The molecular formula is C22H22N2O4S. The Labute approximate surface area is 170 Å². The number of anilines is 2. The van der Waals surface area contributed by atoms with Gasteiger partial charge in [-0.1, -0.05) is 35.9 Å². The van der Waals surface area contributed by atoms with E-state index in [2.05, 4.69) is 5.32 Å². The summed E-state index contributed by atoms with van der Waals surface area (Å²) in [6, 6.07) is 22.2. The van der Waals surface area contributed by atoms with Crippen molar-refractivity contribution in [3.05, 3.63) is 84.4 Å². The van der Waals surface area contributed by atoms with E-state index in [4.69, 9.17) is 4.74 Å². The summed E-state index contributed by atoms with van der Waals surface area (Å²) in [5.74, 6) is 0.194. The Hall–Kier alpha value is -3.32. The molecule has 0 aliphatic rings. The van der Waals surface area contributed by atoms with E-state index < -0.39 is 10.0 Å². The number of benzene rings is 3. The first-order chi connectivity index (χ1) is 13.9. The molecule has 0 fully saturated rings. The van der Waals surface area contributed by atoms with Crippen molar-refractivity contribution in [3.63, 3.8) is 0 Å².